The monoisotopic (exact) mass is 471 g/mol. The number of carbonyl (C=O) groups excluding carboxylic acids is 2. The van der Waals surface area contributed by atoms with Gasteiger partial charge in [-0.1, -0.05) is 12.1 Å². The minimum absolute atomic E-state index is 0.0811. The smallest absolute Gasteiger partial charge is 0.262 e. The third-order valence-electron chi connectivity index (χ3n) is 5.18. The van der Waals surface area contributed by atoms with Gasteiger partial charge in [-0.25, -0.2) is 8.42 Å². The molecular weight excluding hydrogens is 450 g/mol. The highest BCUT2D eigenvalue weighted by Crippen LogP contribution is 2.39. The summed E-state index contributed by atoms with van der Waals surface area (Å²) < 4.78 is 40.7. The lowest BCUT2D eigenvalue weighted by atomic mass is 10.0. The van der Waals surface area contributed by atoms with Crippen molar-refractivity contribution in [3.8, 4) is 23.0 Å². The van der Waals surface area contributed by atoms with E-state index in [4.69, 9.17) is 13.9 Å². The lowest BCUT2D eigenvalue weighted by molar-refractivity contribution is 0.0597. The topological polar surface area (TPSA) is 129 Å². The number of hydrogen-bond donors (Lipinski definition) is 0. The average Bonchev–Trinajstić information content (AvgIpc) is 3.39. The van der Waals surface area contributed by atoms with Crippen molar-refractivity contribution in [1.29, 1.82) is 0 Å². The van der Waals surface area contributed by atoms with Crippen molar-refractivity contribution in [3.05, 3.63) is 59.5 Å². The predicted molar refractivity (Wildman–Crippen MR) is 117 cm³/mol. The molecule has 11 heteroatoms. The largest absolute Gasteiger partial charge is 0.493 e. The van der Waals surface area contributed by atoms with Crippen molar-refractivity contribution in [2.45, 2.75) is 13.0 Å². The Morgan fingerprint density at radius 1 is 1.09 bits per heavy atom. The Balaban J connectivity index is 1.84. The molecule has 33 heavy (non-hydrogen) atoms. The van der Waals surface area contributed by atoms with Crippen LogP contribution < -0.4 is 9.47 Å². The molecule has 1 atom stereocenters. The Morgan fingerprint density at radius 3 is 2.48 bits per heavy atom. The minimum atomic E-state index is -3.60. The van der Waals surface area contributed by atoms with Gasteiger partial charge in [0.25, 0.3) is 11.8 Å². The second-order valence-electron chi connectivity index (χ2n) is 7.40. The molecule has 1 aliphatic heterocycles. The maximum absolute atomic E-state index is 13.5. The van der Waals surface area contributed by atoms with Gasteiger partial charge in [-0.3, -0.25) is 14.5 Å². The van der Waals surface area contributed by atoms with Crippen LogP contribution in [0.2, 0.25) is 0 Å². The number of sulfone groups is 1. The van der Waals surface area contributed by atoms with Crippen LogP contribution >= 0.6 is 0 Å². The van der Waals surface area contributed by atoms with Gasteiger partial charge in [0.05, 0.1) is 42.2 Å². The summed E-state index contributed by atoms with van der Waals surface area (Å²) in [5, 5.41) is 7.47. The molecule has 0 saturated heterocycles. The standard InChI is InChI=1S/C22H21N3O7S/c1-4-31-18-10-13(8-9-17(18)30-2)16(11-33(3,28)29)25-21(26)15-7-5-6-14(19(15)22(25)27)20-24-23-12-32-20/h5-10,12,16H,4,11H2,1-3H3. The Bertz CT molecular complexity index is 1320. The zero-order valence-corrected chi connectivity index (χ0v) is 19.0. The summed E-state index contributed by atoms with van der Waals surface area (Å²) in [6.07, 6.45) is 2.17. The number of benzene rings is 2. The number of ether oxygens (including phenoxy) is 2. The minimum Gasteiger partial charge on any atom is -0.493 e. The number of rotatable bonds is 8. The second kappa shape index (κ2) is 8.66. The molecule has 0 bridgehead atoms. The first kappa shape index (κ1) is 22.5. The fourth-order valence-corrected chi connectivity index (χ4v) is 4.75. The van der Waals surface area contributed by atoms with Gasteiger partial charge in [-0.2, -0.15) is 0 Å². The highest BCUT2D eigenvalue weighted by Gasteiger charge is 2.43. The van der Waals surface area contributed by atoms with E-state index in [-0.39, 0.29) is 17.0 Å². The van der Waals surface area contributed by atoms with Crippen LogP contribution in [0.5, 0.6) is 11.5 Å². The summed E-state index contributed by atoms with van der Waals surface area (Å²) in [5.41, 5.74) is 0.934. The third-order valence-corrected chi connectivity index (χ3v) is 6.10. The molecule has 0 radical (unpaired) electrons. The number of methoxy groups -OCH3 is 1. The van der Waals surface area contributed by atoms with Gasteiger partial charge in [0.15, 0.2) is 11.5 Å². The van der Waals surface area contributed by atoms with E-state index in [0.717, 1.165) is 17.5 Å². The van der Waals surface area contributed by atoms with E-state index in [2.05, 4.69) is 10.2 Å². The molecule has 0 N–H and O–H groups in total. The van der Waals surface area contributed by atoms with Gasteiger partial charge in [0.2, 0.25) is 12.3 Å². The number of fused-ring (bicyclic) bond motifs is 1. The molecule has 1 unspecified atom stereocenters. The SMILES string of the molecule is CCOc1cc(C(CS(C)(=O)=O)N2C(=O)c3cccc(-c4nnco4)c3C2=O)ccc1OC. The molecular formula is C22H21N3O7S. The first-order chi connectivity index (χ1) is 15.7. The molecule has 4 rings (SSSR count). The van der Waals surface area contributed by atoms with E-state index < -0.39 is 33.4 Å². The highest BCUT2D eigenvalue weighted by molar-refractivity contribution is 7.90. The van der Waals surface area contributed by atoms with E-state index in [0.29, 0.717) is 29.2 Å². The predicted octanol–water partition coefficient (Wildman–Crippen LogP) is 2.53. The Morgan fingerprint density at radius 2 is 1.85 bits per heavy atom. The first-order valence-corrected chi connectivity index (χ1v) is 12.1. The van der Waals surface area contributed by atoms with E-state index in [9.17, 15) is 18.0 Å². The number of imide groups is 1. The third kappa shape index (κ3) is 4.19. The molecule has 3 aromatic rings. The van der Waals surface area contributed by atoms with Gasteiger partial charge in [0, 0.05) is 6.26 Å². The lowest BCUT2D eigenvalue weighted by Gasteiger charge is -2.26. The van der Waals surface area contributed by atoms with Crippen LogP contribution in [-0.2, 0) is 9.84 Å². The highest BCUT2D eigenvalue weighted by atomic mass is 32.2. The molecule has 2 heterocycles. The average molecular weight is 471 g/mol. The van der Waals surface area contributed by atoms with Crippen molar-refractivity contribution in [2.75, 3.05) is 25.7 Å². The van der Waals surface area contributed by atoms with Gasteiger partial charge in [-0.15, -0.1) is 10.2 Å². The molecule has 10 nitrogen and oxygen atoms in total. The fraction of sp³-hybridized carbons (Fsp3) is 0.273. The Hall–Kier alpha value is -3.73. The summed E-state index contributed by atoms with van der Waals surface area (Å²) >= 11 is 0. The normalized spacial score (nSPS) is 14.3. The first-order valence-electron chi connectivity index (χ1n) is 10.0. The van der Waals surface area contributed by atoms with E-state index in [1.807, 2.05) is 0 Å². The zero-order valence-electron chi connectivity index (χ0n) is 18.1. The van der Waals surface area contributed by atoms with Gasteiger partial charge >= 0.3 is 0 Å². The maximum atomic E-state index is 13.5. The second-order valence-corrected chi connectivity index (χ2v) is 9.59. The lowest BCUT2D eigenvalue weighted by Crippen LogP contribution is -2.37. The Labute approximate surface area is 190 Å². The molecule has 2 amide bonds. The van der Waals surface area contributed by atoms with Crippen LogP contribution in [0.1, 0.15) is 39.2 Å². The van der Waals surface area contributed by atoms with Crippen molar-refractivity contribution < 1.29 is 31.9 Å². The van der Waals surface area contributed by atoms with Crippen molar-refractivity contribution >= 4 is 21.7 Å². The van der Waals surface area contributed by atoms with Crippen LogP contribution in [0.25, 0.3) is 11.5 Å². The van der Waals surface area contributed by atoms with Gasteiger partial charge in [-0.05, 0) is 36.8 Å². The van der Waals surface area contributed by atoms with E-state index >= 15 is 0 Å². The number of hydrogen-bond acceptors (Lipinski definition) is 9. The summed E-state index contributed by atoms with van der Waals surface area (Å²) in [7, 11) is -2.12. The quantitative estimate of drug-likeness (QED) is 0.455. The molecule has 0 aliphatic carbocycles. The molecule has 1 aromatic heterocycles. The van der Waals surface area contributed by atoms with Gasteiger partial charge in [0.1, 0.15) is 9.84 Å². The van der Waals surface area contributed by atoms with Crippen LogP contribution in [0.4, 0.5) is 0 Å². The number of carbonyl (C=O) groups is 2. The van der Waals surface area contributed by atoms with E-state index in [1.54, 1.807) is 37.3 Å². The van der Waals surface area contributed by atoms with E-state index in [1.165, 1.54) is 13.2 Å². The molecule has 2 aromatic carbocycles. The van der Waals surface area contributed by atoms with Crippen LogP contribution in [0.15, 0.2) is 47.2 Å². The summed E-state index contributed by atoms with van der Waals surface area (Å²) in [4.78, 5) is 27.8. The summed E-state index contributed by atoms with van der Waals surface area (Å²) in [6.45, 7) is 2.14. The molecule has 0 saturated carbocycles. The molecule has 0 fully saturated rings. The zero-order chi connectivity index (χ0) is 23.8. The molecule has 0 spiro atoms. The Kier molecular flexibility index (Phi) is 5.90. The van der Waals surface area contributed by atoms with Crippen LogP contribution in [0, 0.1) is 0 Å². The van der Waals surface area contributed by atoms with Crippen molar-refractivity contribution in [2.24, 2.45) is 0 Å². The van der Waals surface area contributed by atoms with Crippen LogP contribution in [-0.4, -0.2) is 61.1 Å². The number of amides is 2. The number of nitrogens with zero attached hydrogens (tertiary/aromatic N) is 3. The fourth-order valence-electron chi connectivity index (χ4n) is 3.83. The molecule has 1 aliphatic rings. The van der Waals surface area contributed by atoms with Crippen LogP contribution in [0.3, 0.4) is 0 Å². The maximum Gasteiger partial charge on any atom is 0.262 e. The van der Waals surface area contributed by atoms with Crippen molar-refractivity contribution in [1.82, 2.24) is 15.1 Å². The molecule has 172 valence electrons. The summed E-state index contributed by atoms with van der Waals surface area (Å²) in [6, 6.07) is 8.41. The number of aromatic nitrogens is 2. The summed E-state index contributed by atoms with van der Waals surface area (Å²) in [5.74, 6) is -0.826. The van der Waals surface area contributed by atoms with Gasteiger partial charge < -0.3 is 13.9 Å². The van der Waals surface area contributed by atoms with Crippen molar-refractivity contribution in [3.63, 3.8) is 0 Å².